The highest BCUT2D eigenvalue weighted by atomic mass is 32.2. The second-order valence-electron chi connectivity index (χ2n) is 5.13. The van der Waals surface area contributed by atoms with Crippen LogP contribution < -0.4 is 10.1 Å². The van der Waals surface area contributed by atoms with Gasteiger partial charge in [-0.25, -0.2) is 12.7 Å². The number of para-hydroxylation sites is 1. The minimum atomic E-state index is -3.33. The highest BCUT2D eigenvalue weighted by Gasteiger charge is 2.26. The molecule has 120 valence electrons. The first-order chi connectivity index (χ1) is 9.93. The van der Waals surface area contributed by atoms with Crippen molar-refractivity contribution >= 4 is 10.0 Å². The molecule has 1 atom stereocenters. The van der Waals surface area contributed by atoms with Gasteiger partial charge < -0.3 is 10.1 Å². The van der Waals surface area contributed by atoms with Crippen LogP contribution in [0.1, 0.15) is 25.8 Å². The molecule has 1 rings (SSSR count). The van der Waals surface area contributed by atoms with Gasteiger partial charge in [0, 0.05) is 25.7 Å². The molecular weight excluding hydrogens is 288 g/mol. The van der Waals surface area contributed by atoms with E-state index in [0.29, 0.717) is 18.8 Å². The molecule has 1 aromatic rings. The molecular formula is C15H26N2O3S. The lowest BCUT2D eigenvalue weighted by molar-refractivity contribution is 0.396. The van der Waals surface area contributed by atoms with E-state index in [1.165, 1.54) is 4.31 Å². The van der Waals surface area contributed by atoms with E-state index in [9.17, 15) is 8.42 Å². The molecule has 0 bridgehead atoms. The summed E-state index contributed by atoms with van der Waals surface area (Å²) in [7, 11) is -0.130. The molecule has 1 N–H and O–H groups in total. The monoisotopic (exact) mass is 314 g/mol. The molecule has 1 aromatic carbocycles. The maximum Gasteiger partial charge on any atom is 0.218 e. The first kappa shape index (κ1) is 17.9. The molecule has 0 saturated carbocycles. The van der Waals surface area contributed by atoms with E-state index in [0.717, 1.165) is 18.5 Å². The smallest absolute Gasteiger partial charge is 0.218 e. The number of sulfonamides is 1. The molecule has 0 spiro atoms. The summed E-state index contributed by atoms with van der Waals surface area (Å²) in [5, 5.41) is 2.70. The average Bonchev–Trinajstić information content (AvgIpc) is 2.47. The maximum absolute atomic E-state index is 12.5. The number of rotatable bonds is 9. The number of hydrogen-bond donors (Lipinski definition) is 1. The normalized spacial score (nSPS) is 13.4. The van der Waals surface area contributed by atoms with E-state index < -0.39 is 15.3 Å². The summed E-state index contributed by atoms with van der Waals surface area (Å²) in [5.41, 5.74) is 0.861. The van der Waals surface area contributed by atoms with Crippen molar-refractivity contribution in [3.8, 4) is 5.75 Å². The molecule has 0 heterocycles. The van der Waals surface area contributed by atoms with Crippen LogP contribution in [-0.4, -0.2) is 45.2 Å². The van der Waals surface area contributed by atoms with Gasteiger partial charge in [0.2, 0.25) is 10.0 Å². The zero-order chi connectivity index (χ0) is 15.9. The molecule has 0 saturated heterocycles. The van der Waals surface area contributed by atoms with Crippen molar-refractivity contribution < 1.29 is 13.2 Å². The van der Waals surface area contributed by atoms with Gasteiger partial charge in [0.05, 0.1) is 12.4 Å². The third kappa shape index (κ3) is 4.98. The summed E-state index contributed by atoms with van der Waals surface area (Å²) in [6.45, 7) is 5.39. The Balaban J connectivity index is 2.74. The average molecular weight is 314 g/mol. The quantitative estimate of drug-likeness (QED) is 0.707. The van der Waals surface area contributed by atoms with Gasteiger partial charge in [-0.15, -0.1) is 0 Å². The summed E-state index contributed by atoms with van der Waals surface area (Å²) in [6.07, 6.45) is 0.990. The molecule has 0 fully saturated rings. The SMILES string of the molecule is CCCNCC(C)S(=O)(=O)N(C)Cc1ccccc1OC. The Kier molecular flexibility index (Phi) is 7.14. The third-order valence-electron chi connectivity index (χ3n) is 3.39. The summed E-state index contributed by atoms with van der Waals surface area (Å²) in [6, 6.07) is 7.46. The number of nitrogens with one attached hydrogen (secondary N) is 1. The predicted molar refractivity (Wildman–Crippen MR) is 86.0 cm³/mol. The van der Waals surface area contributed by atoms with Crippen LogP contribution in [0, 0.1) is 0 Å². The zero-order valence-electron chi connectivity index (χ0n) is 13.3. The summed E-state index contributed by atoms with van der Waals surface area (Å²) in [5.74, 6) is 0.705. The molecule has 21 heavy (non-hydrogen) atoms. The minimum absolute atomic E-state index is 0.310. The fourth-order valence-corrected chi connectivity index (χ4v) is 3.32. The van der Waals surface area contributed by atoms with Crippen molar-refractivity contribution in [3.63, 3.8) is 0 Å². The predicted octanol–water partition coefficient (Wildman–Crippen LogP) is 1.84. The van der Waals surface area contributed by atoms with Crippen LogP contribution >= 0.6 is 0 Å². The van der Waals surface area contributed by atoms with Gasteiger partial charge >= 0.3 is 0 Å². The van der Waals surface area contributed by atoms with Gasteiger partial charge in [0.1, 0.15) is 5.75 Å². The second-order valence-corrected chi connectivity index (χ2v) is 7.59. The number of methoxy groups -OCH3 is 1. The Morgan fingerprint density at radius 2 is 2.00 bits per heavy atom. The zero-order valence-corrected chi connectivity index (χ0v) is 14.1. The van der Waals surface area contributed by atoms with Gasteiger partial charge in [-0.2, -0.15) is 0 Å². The lowest BCUT2D eigenvalue weighted by Gasteiger charge is -2.23. The van der Waals surface area contributed by atoms with E-state index in [-0.39, 0.29) is 0 Å². The van der Waals surface area contributed by atoms with Gasteiger partial charge in [0.25, 0.3) is 0 Å². The lowest BCUT2D eigenvalue weighted by Crippen LogP contribution is -2.40. The number of hydrogen-bond acceptors (Lipinski definition) is 4. The standard InChI is InChI=1S/C15H26N2O3S/c1-5-10-16-11-13(2)21(18,19)17(3)12-14-8-6-7-9-15(14)20-4/h6-9,13,16H,5,10-12H2,1-4H3. The molecule has 0 aliphatic rings. The second kappa shape index (κ2) is 8.36. The molecule has 0 amide bonds. The molecule has 0 aliphatic carbocycles. The summed E-state index contributed by atoms with van der Waals surface area (Å²) >= 11 is 0. The van der Waals surface area contributed by atoms with Crippen molar-refractivity contribution in [3.05, 3.63) is 29.8 Å². The van der Waals surface area contributed by atoms with Crippen LogP contribution in [0.2, 0.25) is 0 Å². The van der Waals surface area contributed by atoms with Gasteiger partial charge in [0.15, 0.2) is 0 Å². The Hall–Kier alpha value is -1.11. The molecule has 6 heteroatoms. The molecule has 0 radical (unpaired) electrons. The van der Waals surface area contributed by atoms with E-state index >= 15 is 0 Å². The Morgan fingerprint density at radius 1 is 1.33 bits per heavy atom. The molecule has 0 aromatic heterocycles. The van der Waals surface area contributed by atoms with Crippen LogP contribution in [-0.2, 0) is 16.6 Å². The van der Waals surface area contributed by atoms with Crippen LogP contribution in [0.5, 0.6) is 5.75 Å². The largest absolute Gasteiger partial charge is 0.496 e. The van der Waals surface area contributed by atoms with Crippen molar-refractivity contribution in [1.29, 1.82) is 0 Å². The minimum Gasteiger partial charge on any atom is -0.496 e. The van der Waals surface area contributed by atoms with Crippen molar-refractivity contribution in [2.75, 3.05) is 27.2 Å². The first-order valence-corrected chi connectivity index (χ1v) is 8.71. The van der Waals surface area contributed by atoms with Gasteiger partial charge in [-0.3, -0.25) is 0 Å². The van der Waals surface area contributed by atoms with Crippen LogP contribution in [0.4, 0.5) is 0 Å². The van der Waals surface area contributed by atoms with Crippen molar-refractivity contribution in [1.82, 2.24) is 9.62 Å². The van der Waals surface area contributed by atoms with Gasteiger partial charge in [-0.1, -0.05) is 25.1 Å². The topological polar surface area (TPSA) is 58.6 Å². The molecule has 1 unspecified atom stereocenters. The van der Waals surface area contributed by atoms with Crippen molar-refractivity contribution in [2.45, 2.75) is 32.1 Å². The molecule has 0 aliphatic heterocycles. The fourth-order valence-electron chi connectivity index (χ4n) is 2.06. The highest BCUT2D eigenvalue weighted by molar-refractivity contribution is 7.89. The van der Waals surface area contributed by atoms with Crippen molar-refractivity contribution in [2.24, 2.45) is 0 Å². The Morgan fingerprint density at radius 3 is 2.62 bits per heavy atom. The summed E-state index contributed by atoms with van der Waals surface area (Å²) in [4.78, 5) is 0. The van der Waals surface area contributed by atoms with E-state index in [2.05, 4.69) is 12.2 Å². The highest BCUT2D eigenvalue weighted by Crippen LogP contribution is 2.20. The Labute approximate surface area is 128 Å². The first-order valence-electron chi connectivity index (χ1n) is 7.21. The van der Waals surface area contributed by atoms with E-state index in [1.54, 1.807) is 21.1 Å². The number of ether oxygens (including phenoxy) is 1. The van der Waals surface area contributed by atoms with Gasteiger partial charge in [-0.05, 0) is 26.0 Å². The van der Waals surface area contributed by atoms with Crippen LogP contribution in [0.25, 0.3) is 0 Å². The van der Waals surface area contributed by atoms with Crippen LogP contribution in [0.15, 0.2) is 24.3 Å². The number of benzene rings is 1. The Bertz CT molecular complexity index is 531. The lowest BCUT2D eigenvalue weighted by atomic mass is 10.2. The van der Waals surface area contributed by atoms with Crippen LogP contribution in [0.3, 0.4) is 0 Å². The number of nitrogens with zero attached hydrogens (tertiary/aromatic N) is 1. The molecule has 5 nitrogen and oxygen atoms in total. The summed E-state index contributed by atoms with van der Waals surface area (Å²) < 4.78 is 31.6. The van der Waals surface area contributed by atoms with E-state index in [1.807, 2.05) is 24.3 Å². The maximum atomic E-state index is 12.5. The fraction of sp³-hybridized carbons (Fsp3) is 0.600. The van der Waals surface area contributed by atoms with E-state index in [4.69, 9.17) is 4.74 Å². The third-order valence-corrected chi connectivity index (χ3v) is 5.57.